The Morgan fingerprint density at radius 1 is 1.42 bits per heavy atom. The first-order valence-electron chi connectivity index (χ1n) is 9.14. The Labute approximate surface area is 154 Å². The zero-order chi connectivity index (χ0) is 18.7. The SMILES string of the molecule is CCc1c(C)nn(CCNC(=O)C2COc3c(cccc3OC)C2)c1C. The number of nitrogens with one attached hydrogen (secondary N) is 1. The van der Waals surface area contributed by atoms with Gasteiger partial charge in [-0.3, -0.25) is 9.48 Å². The number of carbonyl (C=O) groups is 1. The number of amides is 1. The first kappa shape index (κ1) is 18.3. The van der Waals surface area contributed by atoms with Crippen molar-refractivity contribution in [2.45, 2.75) is 40.2 Å². The van der Waals surface area contributed by atoms with Gasteiger partial charge in [-0.25, -0.2) is 0 Å². The molecule has 6 nitrogen and oxygen atoms in total. The minimum absolute atomic E-state index is 0.0238. The Hall–Kier alpha value is -2.50. The van der Waals surface area contributed by atoms with Gasteiger partial charge in [-0.05, 0) is 43.9 Å². The molecule has 1 amide bonds. The zero-order valence-corrected chi connectivity index (χ0v) is 16.0. The number of aryl methyl sites for hydroxylation is 1. The van der Waals surface area contributed by atoms with E-state index in [1.54, 1.807) is 7.11 Å². The van der Waals surface area contributed by atoms with Crippen molar-refractivity contribution in [2.24, 2.45) is 5.92 Å². The third-order valence-corrected chi connectivity index (χ3v) is 5.05. The van der Waals surface area contributed by atoms with Crippen LogP contribution in [-0.4, -0.2) is 35.9 Å². The molecule has 1 unspecified atom stereocenters. The molecule has 6 heteroatoms. The number of para-hydroxylation sites is 1. The Morgan fingerprint density at radius 2 is 2.23 bits per heavy atom. The van der Waals surface area contributed by atoms with E-state index >= 15 is 0 Å². The lowest BCUT2D eigenvalue weighted by Gasteiger charge is -2.25. The smallest absolute Gasteiger partial charge is 0.226 e. The van der Waals surface area contributed by atoms with Crippen LogP contribution in [0.1, 0.15) is 29.4 Å². The number of fused-ring (bicyclic) bond motifs is 1. The van der Waals surface area contributed by atoms with E-state index in [0.29, 0.717) is 26.1 Å². The van der Waals surface area contributed by atoms with Gasteiger partial charge in [0.1, 0.15) is 6.61 Å². The molecule has 0 bridgehead atoms. The van der Waals surface area contributed by atoms with Crippen molar-refractivity contribution >= 4 is 5.91 Å². The van der Waals surface area contributed by atoms with E-state index in [9.17, 15) is 4.79 Å². The van der Waals surface area contributed by atoms with Gasteiger partial charge in [-0.2, -0.15) is 5.10 Å². The zero-order valence-electron chi connectivity index (χ0n) is 16.0. The molecule has 1 aliphatic heterocycles. The van der Waals surface area contributed by atoms with E-state index < -0.39 is 0 Å². The molecular formula is C20H27N3O3. The lowest BCUT2D eigenvalue weighted by atomic mass is 9.95. The number of hydrogen-bond donors (Lipinski definition) is 1. The molecule has 0 aliphatic carbocycles. The van der Waals surface area contributed by atoms with Gasteiger partial charge in [0.05, 0.1) is 25.3 Å². The van der Waals surface area contributed by atoms with E-state index in [-0.39, 0.29) is 11.8 Å². The van der Waals surface area contributed by atoms with Crippen LogP contribution in [0.2, 0.25) is 0 Å². The number of rotatable bonds is 6. The molecule has 1 aromatic carbocycles. The molecule has 0 radical (unpaired) electrons. The van der Waals surface area contributed by atoms with Gasteiger partial charge in [-0.1, -0.05) is 19.1 Å². The van der Waals surface area contributed by atoms with Crippen LogP contribution in [-0.2, 0) is 24.2 Å². The van der Waals surface area contributed by atoms with Crippen molar-refractivity contribution in [1.29, 1.82) is 0 Å². The van der Waals surface area contributed by atoms with Crippen LogP contribution in [0, 0.1) is 19.8 Å². The van der Waals surface area contributed by atoms with E-state index in [1.807, 2.05) is 29.8 Å². The van der Waals surface area contributed by atoms with Crippen molar-refractivity contribution in [3.63, 3.8) is 0 Å². The van der Waals surface area contributed by atoms with E-state index in [4.69, 9.17) is 9.47 Å². The molecule has 2 aromatic rings. The van der Waals surface area contributed by atoms with Crippen molar-refractivity contribution < 1.29 is 14.3 Å². The molecule has 0 saturated carbocycles. The number of methoxy groups -OCH3 is 1. The summed E-state index contributed by atoms with van der Waals surface area (Å²) in [5, 5.41) is 7.59. The average molecular weight is 357 g/mol. The maximum absolute atomic E-state index is 12.5. The highest BCUT2D eigenvalue weighted by Gasteiger charge is 2.27. The topological polar surface area (TPSA) is 65.4 Å². The summed E-state index contributed by atoms with van der Waals surface area (Å²) in [6.45, 7) is 7.87. The second-order valence-corrected chi connectivity index (χ2v) is 6.68. The fraction of sp³-hybridized carbons (Fsp3) is 0.500. The molecule has 140 valence electrons. The largest absolute Gasteiger partial charge is 0.493 e. The predicted molar refractivity (Wildman–Crippen MR) is 99.8 cm³/mol. The van der Waals surface area contributed by atoms with Crippen LogP contribution in [0.25, 0.3) is 0 Å². The minimum atomic E-state index is -0.179. The first-order valence-corrected chi connectivity index (χ1v) is 9.14. The van der Waals surface area contributed by atoms with Gasteiger partial charge >= 0.3 is 0 Å². The number of nitrogens with zero attached hydrogens (tertiary/aromatic N) is 2. The second-order valence-electron chi connectivity index (χ2n) is 6.68. The molecule has 1 aliphatic rings. The van der Waals surface area contributed by atoms with Gasteiger partial charge in [0.15, 0.2) is 11.5 Å². The van der Waals surface area contributed by atoms with E-state index in [2.05, 4.69) is 24.3 Å². The fourth-order valence-electron chi connectivity index (χ4n) is 3.62. The third kappa shape index (κ3) is 3.54. The summed E-state index contributed by atoms with van der Waals surface area (Å²) in [6.07, 6.45) is 1.64. The summed E-state index contributed by atoms with van der Waals surface area (Å²) in [6, 6.07) is 5.78. The normalized spacial score (nSPS) is 15.9. The maximum atomic E-state index is 12.5. The van der Waals surface area contributed by atoms with Crippen LogP contribution >= 0.6 is 0 Å². The van der Waals surface area contributed by atoms with Gasteiger partial charge in [0, 0.05) is 12.2 Å². The number of aromatic nitrogens is 2. The predicted octanol–water partition coefficient (Wildman–Crippen LogP) is 2.44. The molecule has 0 fully saturated rings. The summed E-state index contributed by atoms with van der Waals surface area (Å²) in [7, 11) is 1.63. The van der Waals surface area contributed by atoms with E-state index in [0.717, 1.165) is 29.2 Å². The van der Waals surface area contributed by atoms with Crippen molar-refractivity contribution in [1.82, 2.24) is 15.1 Å². The molecule has 26 heavy (non-hydrogen) atoms. The Bertz CT molecular complexity index is 798. The monoisotopic (exact) mass is 357 g/mol. The van der Waals surface area contributed by atoms with Gasteiger partial charge < -0.3 is 14.8 Å². The summed E-state index contributed by atoms with van der Waals surface area (Å²) in [5.74, 6) is 1.32. The fourth-order valence-corrected chi connectivity index (χ4v) is 3.62. The first-order chi connectivity index (χ1) is 12.5. The highest BCUT2D eigenvalue weighted by molar-refractivity contribution is 5.79. The third-order valence-electron chi connectivity index (χ3n) is 5.05. The summed E-state index contributed by atoms with van der Waals surface area (Å²) >= 11 is 0. The van der Waals surface area contributed by atoms with Crippen LogP contribution < -0.4 is 14.8 Å². The van der Waals surface area contributed by atoms with Crippen LogP contribution in [0.15, 0.2) is 18.2 Å². The Kier molecular flexibility index (Phi) is 5.49. The van der Waals surface area contributed by atoms with Crippen molar-refractivity contribution in [3.8, 4) is 11.5 Å². The quantitative estimate of drug-likeness (QED) is 0.862. The van der Waals surface area contributed by atoms with Crippen molar-refractivity contribution in [3.05, 3.63) is 40.7 Å². The highest BCUT2D eigenvalue weighted by Crippen LogP contribution is 2.35. The van der Waals surface area contributed by atoms with Gasteiger partial charge in [0.25, 0.3) is 0 Å². The summed E-state index contributed by atoms with van der Waals surface area (Å²) in [5.41, 5.74) is 4.56. The molecule has 3 rings (SSSR count). The lowest BCUT2D eigenvalue weighted by Crippen LogP contribution is -2.38. The lowest BCUT2D eigenvalue weighted by molar-refractivity contribution is -0.126. The second kappa shape index (κ2) is 7.81. The maximum Gasteiger partial charge on any atom is 0.226 e. The van der Waals surface area contributed by atoms with E-state index in [1.165, 1.54) is 11.3 Å². The highest BCUT2D eigenvalue weighted by atomic mass is 16.5. The van der Waals surface area contributed by atoms with Crippen LogP contribution in [0.3, 0.4) is 0 Å². The number of benzene rings is 1. The van der Waals surface area contributed by atoms with Crippen LogP contribution in [0.5, 0.6) is 11.5 Å². The molecular weight excluding hydrogens is 330 g/mol. The summed E-state index contributed by atoms with van der Waals surface area (Å²) < 4.78 is 13.1. The molecule has 1 aromatic heterocycles. The van der Waals surface area contributed by atoms with Crippen LogP contribution in [0.4, 0.5) is 0 Å². The molecule has 1 atom stereocenters. The molecule has 0 saturated heterocycles. The molecule has 0 spiro atoms. The minimum Gasteiger partial charge on any atom is -0.493 e. The Morgan fingerprint density at radius 3 is 2.92 bits per heavy atom. The summed E-state index contributed by atoms with van der Waals surface area (Å²) in [4.78, 5) is 12.5. The van der Waals surface area contributed by atoms with Gasteiger partial charge in [0.2, 0.25) is 5.91 Å². The molecule has 2 heterocycles. The standard InChI is InChI=1S/C20H27N3O3/c1-5-17-13(2)22-23(14(17)3)10-9-21-20(24)16-11-15-7-6-8-18(25-4)19(15)26-12-16/h6-8,16H,5,9-12H2,1-4H3,(H,21,24). The van der Waals surface area contributed by atoms with Crippen molar-refractivity contribution in [2.75, 3.05) is 20.3 Å². The number of hydrogen-bond acceptors (Lipinski definition) is 4. The average Bonchev–Trinajstić information content (AvgIpc) is 2.93. The Balaban J connectivity index is 1.56. The number of ether oxygens (including phenoxy) is 2. The number of carbonyl (C=O) groups excluding carboxylic acids is 1. The molecule has 1 N–H and O–H groups in total. The van der Waals surface area contributed by atoms with Gasteiger partial charge in [-0.15, -0.1) is 0 Å².